The third kappa shape index (κ3) is 4.83. The van der Waals surface area contributed by atoms with E-state index in [9.17, 15) is 18.0 Å². The fraction of sp³-hybridized carbons (Fsp3) is 0.333. The van der Waals surface area contributed by atoms with E-state index in [0.29, 0.717) is 30.6 Å². The molecule has 2 aromatic carbocycles. The number of carbonyl (C=O) groups excluding carboxylic acids is 2. The number of sulfonamides is 1. The lowest BCUT2D eigenvalue weighted by molar-refractivity contribution is -0.117. The number of benzene rings is 2. The van der Waals surface area contributed by atoms with Crippen LogP contribution in [0.3, 0.4) is 0 Å². The minimum absolute atomic E-state index is 0.0698. The van der Waals surface area contributed by atoms with Gasteiger partial charge in [0.25, 0.3) is 0 Å². The molecule has 0 fully saturated rings. The minimum atomic E-state index is -3.84. The molecule has 0 unspecified atom stereocenters. The molecule has 2 amide bonds. The first kappa shape index (κ1) is 21.0. The zero-order chi connectivity index (χ0) is 21.2. The van der Waals surface area contributed by atoms with Crippen molar-refractivity contribution in [3.8, 4) is 0 Å². The first-order valence-electron chi connectivity index (χ1n) is 9.43. The number of anilines is 2. The Bertz CT molecular complexity index is 1060. The number of likely N-dealkylation sites (N-methyl/N-ethyl adjacent to an activating group) is 1. The van der Waals surface area contributed by atoms with Gasteiger partial charge in [0, 0.05) is 24.8 Å². The Labute approximate surface area is 171 Å². The van der Waals surface area contributed by atoms with Gasteiger partial charge in [0.15, 0.2) is 0 Å². The summed E-state index contributed by atoms with van der Waals surface area (Å²) in [5.41, 5.74) is 4.00. The van der Waals surface area contributed by atoms with Gasteiger partial charge in [-0.3, -0.25) is 9.59 Å². The molecule has 0 bridgehead atoms. The average Bonchev–Trinajstić information content (AvgIpc) is 2.84. The van der Waals surface area contributed by atoms with Crippen molar-refractivity contribution in [2.75, 3.05) is 24.2 Å². The van der Waals surface area contributed by atoms with Crippen molar-refractivity contribution in [2.45, 2.75) is 38.0 Å². The summed E-state index contributed by atoms with van der Waals surface area (Å²) in [6.45, 7) is 3.50. The van der Waals surface area contributed by atoms with E-state index in [4.69, 9.17) is 0 Å². The van der Waals surface area contributed by atoms with Gasteiger partial charge in [-0.25, -0.2) is 8.42 Å². The summed E-state index contributed by atoms with van der Waals surface area (Å²) >= 11 is 0. The number of nitrogens with one attached hydrogen (secondary N) is 2. The van der Waals surface area contributed by atoms with Crippen molar-refractivity contribution in [3.63, 3.8) is 0 Å². The highest BCUT2D eigenvalue weighted by molar-refractivity contribution is 7.89. The van der Waals surface area contributed by atoms with Gasteiger partial charge >= 0.3 is 0 Å². The Morgan fingerprint density at radius 1 is 1.14 bits per heavy atom. The summed E-state index contributed by atoms with van der Waals surface area (Å²) in [6, 6.07) is 10.3. The van der Waals surface area contributed by atoms with Crippen LogP contribution in [-0.4, -0.2) is 38.1 Å². The van der Waals surface area contributed by atoms with Crippen molar-refractivity contribution in [2.24, 2.45) is 0 Å². The molecular formula is C21H25N3O4S. The molecule has 1 heterocycles. The molecule has 8 heteroatoms. The second kappa shape index (κ2) is 8.34. The number of amides is 2. The normalized spacial score (nSPS) is 14.1. The molecule has 1 aliphatic heterocycles. The lowest BCUT2D eigenvalue weighted by Crippen LogP contribution is -2.35. The van der Waals surface area contributed by atoms with E-state index >= 15 is 0 Å². The van der Waals surface area contributed by atoms with Crippen LogP contribution in [0.2, 0.25) is 0 Å². The molecule has 29 heavy (non-hydrogen) atoms. The molecule has 7 nitrogen and oxygen atoms in total. The van der Waals surface area contributed by atoms with Crippen LogP contribution < -0.4 is 10.6 Å². The Kier molecular flexibility index (Phi) is 6.04. The number of carbonyl (C=O) groups is 2. The Hall–Kier alpha value is -2.71. The third-order valence-corrected chi connectivity index (χ3v) is 6.74. The van der Waals surface area contributed by atoms with E-state index in [1.807, 2.05) is 32.0 Å². The standard InChI is InChI=1S/C21H25N3O4S/c1-14-7-8-15(2)19(11-14)23-21(26)13-24(3)29(27,28)17-9-10-18-16(12-17)5-4-6-20(25)22-18/h7-12H,4-6,13H2,1-3H3,(H,22,25)(H,23,26). The lowest BCUT2D eigenvalue weighted by atomic mass is 10.1. The molecule has 0 radical (unpaired) electrons. The number of hydrogen-bond acceptors (Lipinski definition) is 4. The maximum atomic E-state index is 12.9. The van der Waals surface area contributed by atoms with Crippen LogP contribution >= 0.6 is 0 Å². The molecule has 0 spiro atoms. The molecule has 154 valence electrons. The van der Waals surface area contributed by atoms with Crippen molar-refractivity contribution < 1.29 is 18.0 Å². The Morgan fingerprint density at radius 2 is 1.90 bits per heavy atom. The van der Waals surface area contributed by atoms with Crippen LogP contribution in [0.1, 0.15) is 29.5 Å². The van der Waals surface area contributed by atoms with E-state index in [2.05, 4.69) is 10.6 Å². The average molecular weight is 416 g/mol. The zero-order valence-corrected chi connectivity index (χ0v) is 17.6. The number of aryl methyl sites for hydroxylation is 3. The van der Waals surface area contributed by atoms with Crippen LogP contribution in [0.5, 0.6) is 0 Å². The van der Waals surface area contributed by atoms with Crippen molar-refractivity contribution in [1.29, 1.82) is 0 Å². The molecule has 0 saturated carbocycles. The predicted molar refractivity (Wildman–Crippen MR) is 112 cm³/mol. The van der Waals surface area contributed by atoms with Gasteiger partial charge in [-0.2, -0.15) is 4.31 Å². The van der Waals surface area contributed by atoms with Gasteiger partial charge in [0.05, 0.1) is 11.4 Å². The lowest BCUT2D eigenvalue weighted by Gasteiger charge is -2.18. The van der Waals surface area contributed by atoms with E-state index in [1.165, 1.54) is 13.1 Å². The van der Waals surface area contributed by atoms with Crippen molar-refractivity contribution >= 4 is 33.2 Å². The first-order valence-corrected chi connectivity index (χ1v) is 10.9. The molecule has 3 rings (SSSR count). The minimum Gasteiger partial charge on any atom is -0.326 e. The fourth-order valence-corrected chi connectivity index (χ4v) is 4.42. The number of fused-ring (bicyclic) bond motifs is 1. The largest absolute Gasteiger partial charge is 0.326 e. The summed E-state index contributed by atoms with van der Waals surface area (Å²) in [6.07, 6.45) is 1.69. The molecule has 2 aromatic rings. The second-order valence-electron chi connectivity index (χ2n) is 7.35. The van der Waals surface area contributed by atoms with E-state index in [0.717, 1.165) is 21.0 Å². The number of hydrogen-bond donors (Lipinski definition) is 2. The highest BCUT2D eigenvalue weighted by Crippen LogP contribution is 2.26. The predicted octanol–water partition coefficient (Wildman–Crippen LogP) is 2.84. The second-order valence-corrected chi connectivity index (χ2v) is 9.39. The SMILES string of the molecule is Cc1ccc(C)c(NC(=O)CN(C)S(=O)(=O)c2ccc3c(c2)CCCC(=O)N3)c1. The summed E-state index contributed by atoms with van der Waals surface area (Å²) in [7, 11) is -2.46. The summed E-state index contributed by atoms with van der Waals surface area (Å²) < 4.78 is 26.9. The van der Waals surface area contributed by atoms with Crippen LogP contribution in [0.4, 0.5) is 11.4 Å². The highest BCUT2D eigenvalue weighted by atomic mass is 32.2. The molecule has 2 N–H and O–H groups in total. The van der Waals surface area contributed by atoms with Crippen molar-refractivity contribution in [3.05, 3.63) is 53.1 Å². The molecule has 0 atom stereocenters. The van der Waals surface area contributed by atoms with Crippen LogP contribution in [0, 0.1) is 13.8 Å². The first-order chi connectivity index (χ1) is 13.7. The summed E-state index contributed by atoms with van der Waals surface area (Å²) in [5.74, 6) is -0.480. The van der Waals surface area contributed by atoms with Gasteiger partial charge in [-0.1, -0.05) is 12.1 Å². The van der Waals surface area contributed by atoms with Gasteiger partial charge in [-0.05, 0) is 67.6 Å². The van der Waals surface area contributed by atoms with Crippen molar-refractivity contribution in [1.82, 2.24) is 4.31 Å². The number of nitrogens with zero attached hydrogens (tertiary/aromatic N) is 1. The van der Waals surface area contributed by atoms with Crippen LogP contribution in [-0.2, 0) is 26.0 Å². The molecule has 0 aromatic heterocycles. The monoisotopic (exact) mass is 415 g/mol. The van der Waals surface area contributed by atoms with E-state index < -0.39 is 15.9 Å². The zero-order valence-electron chi connectivity index (χ0n) is 16.8. The van der Waals surface area contributed by atoms with E-state index in [-0.39, 0.29) is 17.3 Å². The van der Waals surface area contributed by atoms with Gasteiger partial charge in [-0.15, -0.1) is 0 Å². The van der Waals surface area contributed by atoms with Crippen LogP contribution in [0.15, 0.2) is 41.3 Å². The van der Waals surface area contributed by atoms with Gasteiger partial charge in [0.1, 0.15) is 0 Å². The van der Waals surface area contributed by atoms with Gasteiger partial charge in [0.2, 0.25) is 21.8 Å². The number of rotatable bonds is 5. The Balaban J connectivity index is 1.75. The summed E-state index contributed by atoms with van der Waals surface area (Å²) in [4.78, 5) is 24.2. The summed E-state index contributed by atoms with van der Waals surface area (Å²) in [5, 5.41) is 5.56. The van der Waals surface area contributed by atoms with Crippen LogP contribution in [0.25, 0.3) is 0 Å². The molecular weight excluding hydrogens is 390 g/mol. The molecule has 0 saturated heterocycles. The molecule has 1 aliphatic rings. The topological polar surface area (TPSA) is 95.6 Å². The molecule has 0 aliphatic carbocycles. The maximum absolute atomic E-state index is 12.9. The third-order valence-electron chi connectivity index (χ3n) is 4.94. The fourth-order valence-electron chi connectivity index (χ4n) is 3.24. The van der Waals surface area contributed by atoms with E-state index in [1.54, 1.807) is 12.1 Å². The quantitative estimate of drug-likeness (QED) is 0.785. The Morgan fingerprint density at radius 3 is 2.66 bits per heavy atom. The van der Waals surface area contributed by atoms with Gasteiger partial charge < -0.3 is 10.6 Å². The highest BCUT2D eigenvalue weighted by Gasteiger charge is 2.25. The maximum Gasteiger partial charge on any atom is 0.243 e. The smallest absolute Gasteiger partial charge is 0.243 e.